The second kappa shape index (κ2) is 4.44. The minimum atomic E-state index is -0.516. The number of nitrogens with two attached hydrogens (primary N) is 1. The van der Waals surface area contributed by atoms with Crippen LogP contribution >= 0.6 is 0 Å². The van der Waals surface area contributed by atoms with Crippen LogP contribution in [0.3, 0.4) is 0 Å². The zero-order valence-corrected chi connectivity index (χ0v) is 10.4. The summed E-state index contributed by atoms with van der Waals surface area (Å²) in [6, 6.07) is 4.05. The summed E-state index contributed by atoms with van der Waals surface area (Å²) < 4.78 is 0. The summed E-state index contributed by atoms with van der Waals surface area (Å²) in [6.07, 6.45) is 4.90. The van der Waals surface area contributed by atoms with Crippen LogP contribution in [0.15, 0.2) is 12.1 Å². The van der Waals surface area contributed by atoms with Gasteiger partial charge in [-0.3, -0.25) is 0 Å². The first-order valence-electron chi connectivity index (χ1n) is 6.71. The number of rotatable bonds is 2. The van der Waals surface area contributed by atoms with Gasteiger partial charge in [-0.15, -0.1) is 0 Å². The molecule has 0 unspecified atom stereocenters. The number of anilines is 1. The Morgan fingerprint density at radius 2 is 2.00 bits per heavy atom. The molecule has 98 valence electrons. The highest BCUT2D eigenvalue weighted by atomic mass is 16.3. The summed E-state index contributed by atoms with van der Waals surface area (Å²) >= 11 is 0. The predicted molar refractivity (Wildman–Crippen MR) is 70.4 cm³/mol. The molecule has 5 N–H and O–H groups in total. The molecule has 3 rings (SSSR count). The van der Waals surface area contributed by atoms with Crippen molar-refractivity contribution in [2.75, 3.05) is 5.73 Å². The fourth-order valence-corrected chi connectivity index (χ4v) is 2.95. The second-order valence-corrected chi connectivity index (χ2v) is 5.45. The number of aliphatic hydroxyl groups is 1. The van der Waals surface area contributed by atoms with E-state index in [0.717, 1.165) is 24.0 Å². The Labute approximate surface area is 107 Å². The lowest BCUT2D eigenvalue weighted by Crippen LogP contribution is -2.47. The molecule has 0 radical (unpaired) electrons. The number of fused-ring (bicyclic) bond motifs is 1. The standard InChI is InChI=1S/C14H20N2O2/c15-13-9-4-6-11(16-8-2-1-3-8)14(18)10(9)5-7-12(13)17/h5,7-8,11,14,16-18H,1-4,6,15H2/t11-,14-/m0/s1. The van der Waals surface area contributed by atoms with E-state index in [4.69, 9.17) is 5.73 Å². The van der Waals surface area contributed by atoms with Crippen LogP contribution < -0.4 is 11.1 Å². The third-order valence-electron chi connectivity index (χ3n) is 4.33. The molecule has 1 aromatic carbocycles. The van der Waals surface area contributed by atoms with Gasteiger partial charge in [0.1, 0.15) is 5.75 Å². The van der Waals surface area contributed by atoms with Crippen molar-refractivity contribution in [2.45, 2.75) is 50.3 Å². The van der Waals surface area contributed by atoms with Crippen LogP contribution in [0.2, 0.25) is 0 Å². The minimum Gasteiger partial charge on any atom is -0.506 e. The number of aliphatic hydroxyl groups excluding tert-OH is 1. The van der Waals surface area contributed by atoms with Crippen molar-refractivity contribution < 1.29 is 10.2 Å². The number of hydrogen-bond acceptors (Lipinski definition) is 4. The molecule has 18 heavy (non-hydrogen) atoms. The summed E-state index contributed by atoms with van der Waals surface area (Å²) in [7, 11) is 0. The Balaban J connectivity index is 1.82. The monoisotopic (exact) mass is 248 g/mol. The largest absolute Gasteiger partial charge is 0.506 e. The third kappa shape index (κ3) is 1.85. The molecule has 0 spiro atoms. The highest BCUT2D eigenvalue weighted by Crippen LogP contribution is 2.38. The van der Waals surface area contributed by atoms with Gasteiger partial charge in [0.05, 0.1) is 11.8 Å². The first-order chi connectivity index (χ1) is 8.66. The van der Waals surface area contributed by atoms with E-state index in [1.807, 2.05) is 0 Å². The molecular formula is C14H20N2O2. The zero-order chi connectivity index (χ0) is 12.7. The van der Waals surface area contributed by atoms with E-state index in [9.17, 15) is 10.2 Å². The Bertz CT molecular complexity index is 457. The van der Waals surface area contributed by atoms with Gasteiger partial charge in [-0.2, -0.15) is 0 Å². The number of benzene rings is 1. The first kappa shape index (κ1) is 11.8. The summed E-state index contributed by atoms with van der Waals surface area (Å²) in [5.74, 6) is 0.117. The van der Waals surface area contributed by atoms with Crippen molar-refractivity contribution in [3.63, 3.8) is 0 Å². The molecule has 2 aliphatic rings. The van der Waals surface area contributed by atoms with Gasteiger partial charge < -0.3 is 21.3 Å². The molecule has 0 amide bonds. The van der Waals surface area contributed by atoms with Gasteiger partial charge in [0.2, 0.25) is 0 Å². The third-order valence-corrected chi connectivity index (χ3v) is 4.33. The minimum absolute atomic E-state index is 0.117. The smallest absolute Gasteiger partial charge is 0.138 e. The van der Waals surface area contributed by atoms with Crippen LogP contribution in [0.1, 0.15) is 42.9 Å². The number of aromatic hydroxyl groups is 1. The topological polar surface area (TPSA) is 78.5 Å². The Hall–Kier alpha value is -1.26. The number of hydrogen-bond donors (Lipinski definition) is 4. The lowest BCUT2D eigenvalue weighted by molar-refractivity contribution is 0.0993. The van der Waals surface area contributed by atoms with E-state index < -0.39 is 6.10 Å². The number of nitrogens with one attached hydrogen (secondary N) is 1. The number of nitrogen functional groups attached to an aromatic ring is 1. The maximum Gasteiger partial charge on any atom is 0.138 e. The Kier molecular flexibility index (Phi) is 2.92. The van der Waals surface area contributed by atoms with Crippen LogP contribution in [-0.2, 0) is 6.42 Å². The van der Waals surface area contributed by atoms with Gasteiger partial charge in [-0.1, -0.05) is 12.5 Å². The maximum absolute atomic E-state index is 10.4. The summed E-state index contributed by atoms with van der Waals surface area (Å²) in [4.78, 5) is 0. The van der Waals surface area contributed by atoms with Gasteiger partial charge in [0, 0.05) is 12.1 Å². The van der Waals surface area contributed by atoms with Crippen LogP contribution in [0.25, 0.3) is 0 Å². The van der Waals surface area contributed by atoms with E-state index in [1.165, 1.54) is 19.3 Å². The van der Waals surface area contributed by atoms with Crippen molar-refractivity contribution in [3.05, 3.63) is 23.3 Å². The lowest BCUT2D eigenvalue weighted by atomic mass is 9.83. The molecule has 0 heterocycles. The quantitative estimate of drug-likeness (QED) is 0.472. The van der Waals surface area contributed by atoms with Gasteiger partial charge >= 0.3 is 0 Å². The van der Waals surface area contributed by atoms with E-state index in [2.05, 4.69) is 5.32 Å². The Morgan fingerprint density at radius 3 is 2.67 bits per heavy atom. The molecule has 0 bridgehead atoms. The predicted octanol–water partition coefficient (Wildman–Crippen LogP) is 1.46. The highest BCUT2D eigenvalue weighted by molar-refractivity contribution is 5.62. The Morgan fingerprint density at radius 1 is 1.22 bits per heavy atom. The average Bonchev–Trinajstić information content (AvgIpc) is 2.31. The number of phenolic OH excluding ortho intramolecular Hbond substituents is 1. The average molecular weight is 248 g/mol. The summed E-state index contributed by atoms with van der Waals surface area (Å²) in [5.41, 5.74) is 8.07. The number of phenols is 1. The molecule has 1 aromatic rings. The van der Waals surface area contributed by atoms with E-state index >= 15 is 0 Å². The molecule has 0 aliphatic heterocycles. The van der Waals surface area contributed by atoms with Gasteiger partial charge in [-0.25, -0.2) is 0 Å². The zero-order valence-electron chi connectivity index (χ0n) is 10.4. The van der Waals surface area contributed by atoms with E-state index in [0.29, 0.717) is 11.7 Å². The molecular weight excluding hydrogens is 228 g/mol. The van der Waals surface area contributed by atoms with Crippen LogP contribution in [0, 0.1) is 0 Å². The van der Waals surface area contributed by atoms with Gasteiger partial charge in [0.15, 0.2) is 0 Å². The van der Waals surface area contributed by atoms with Crippen molar-refractivity contribution >= 4 is 5.69 Å². The van der Waals surface area contributed by atoms with E-state index in [1.54, 1.807) is 12.1 Å². The van der Waals surface area contributed by atoms with Crippen molar-refractivity contribution in [3.8, 4) is 5.75 Å². The molecule has 2 aliphatic carbocycles. The fourth-order valence-electron chi connectivity index (χ4n) is 2.95. The fraction of sp³-hybridized carbons (Fsp3) is 0.571. The summed E-state index contributed by atoms with van der Waals surface area (Å²) in [5, 5.41) is 23.5. The van der Waals surface area contributed by atoms with Crippen molar-refractivity contribution in [1.82, 2.24) is 5.32 Å². The molecule has 1 fully saturated rings. The van der Waals surface area contributed by atoms with Crippen molar-refractivity contribution in [1.29, 1.82) is 0 Å². The lowest BCUT2D eigenvalue weighted by Gasteiger charge is -2.37. The highest BCUT2D eigenvalue weighted by Gasteiger charge is 2.32. The summed E-state index contributed by atoms with van der Waals surface area (Å²) in [6.45, 7) is 0. The molecule has 4 nitrogen and oxygen atoms in total. The maximum atomic E-state index is 10.4. The molecule has 4 heteroatoms. The van der Waals surface area contributed by atoms with Crippen LogP contribution in [0.4, 0.5) is 5.69 Å². The first-order valence-corrected chi connectivity index (χ1v) is 6.71. The SMILES string of the molecule is Nc1c(O)ccc2c1CC[C@H](NC1CCC1)[C@H]2O. The van der Waals surface area contributed by atoms with Crippen LogP contribution in [-0.4, -0.2) is 22.3 Å². The van der Waals surface area contributed by atoms with Gasteiger partial charge in [-0.05, 0) is 42.9 Å². The molecule has 1 saturated carbocycles. The van der Waals surface area contributed by atoms with Crippen LogP contribution in [0.5, 0.6) is 5.75 Å². The molecule has 0 saturated heterocycles. The second-order valence-electron chi connectivity index (χ2n) is 5.45. The van der Waals surface area contributed by atoms with Crippen molar-refractivity contribution in [2.24, 2.45) is 0 Å². The van der Waals surface area contributed by atoms with E-state index in [-0.39, 0.29) is 11.8 Å². The molecule has 2 atom stereocenters. The normalized spacial score (nSPS) is 27.6. The van der Waals surface area contributed by atoms with Gasteiger partial charge in [0.25, 0.3) is 0 Å². The molecule has 0 aromatic heterocycles.